The van der Waals surface area contributed by atoms with Gasteiger partial charge < -0.3 is 10.6 Å². The molecule has 1 aliphatic carbocycles. The van der Waals surface area contributed by atoms with Crippen LogP contribution in [0.15, 0.2) is 23.3 Å². The predicted octanol–water partition coefficient (Wildman–Crippen LogP) is 2.51. The molecular formula is C11H16F4N2. The average molecular weight is 252 g/mol. The summed E-state index contributed by atoms with van der Waals surface area (Å²) in [7, 11) is 0. The van der Waals surface area contributed by atoms with Gasteiger partial charge in [-0.2, -0.15) is 0 Å². The lowest BCUT2D eigenvalue weighted by Gasteiger charge is -2.28. The van der Waals surface area contributed by atoms with Crippen LogP contribution in [-0.4, -0.2) is 26.2 Å². The summed E-state index contributed by atoms with van der Waals surface area (Å²) < 4.78 is 53.5. The molecule has 0 fully saturated rings. The molecule has 0 spiro atoms. The number of halogens is 4. The maximum absolute atomic E-state index is 13.7. The first-order valence-electron chi connectivity index (χ1n) is 5.54. The van der Waals surface area contributed by atoms with Crippen LogP contribution in [0.3, 0.4) is 0 Å². The molecule has 98 valence electrons. The summed E-state index contributed by atoms with van der Waals surface area (Å²) in [4.78, 5) is 0. The fraction of sp³-hybridized carbons (Fsp3) is 0.636. The molecule has 0 aliphatic heterocycles. The van der Waals surface area contributed by atoms with E-state index in [4.69, 9.17) is 0 Å². The molecule has 2 nitrogen and oxygen atoms in total. The molecular weight excluding hydrogens is 236 g/mol. The van der Waals surface area contributed by atoms with Crippen molar-refractivity contribution in [1.82, 2.24) is 10.6 Å². The lowest BCUT2D eigenvalue weighted by atomic mass is 9.87. The van der Waals surface area contributed by atoms with E-state index in [1.54, 1.807) is 13.8 Å². The summed E-state index contributed by atoms with van der Waals surface area (Å²) in [5.74, 6) is -6.21. The topological polar surface area (TPSA) is 24.1 Å². The highest BCUT2D eigenvalue weighted by atomic mass is 19.2. The van der Waals surface area contributed by atoms with Crippen LogP contribution in [0.25, 0.3) is 0 Å². The first-order chi connectivity index (χ1) is 8.01. The highest BCUT2D eigenvalue weighted by Crippen LogP contribution is 2.49. The van der Waals surface area contributed by atoms with Gasteiger partial charge in [0.15, 0.2) is 23.3 Å². The van der Waals surface area contributed by atoms with Crippen LogP contribution in [0.1, 0.15) is 13.8 Å². The molecule has 1 rings (SSSR count). The third-order valence-corrected chi connectivity index (χ3v) is 2.77. The molecule has 0 saturated heterocycles. The summed E-state index contributed by atoms with van der Waals surface area (Å²) in [6.45, 7) is 4.02. The summed E-state index contributed by atoms with van der Waals surface area (Å²) >= 11 is 0. The zero-order chi connectivity index (χ0) is 13.1. The van der Waals surface area contributed by atoms with Crippen molar-refractivity contribution in [1.29, 1.82) is 0 Å². The van der Waals surface area contributed by atoms with Gasteiger partial charge >= 0.3 is 0 Å². The summed E-state index contributed by atoms with van der Waals surface area (Å²) in [5, 5.41) is 5.44. The van der Waals surface area contributed by atoms with E-state index in [1.807, 2.05) is 0 Å². The fourth-order valence-electron chi connectivity index (χ4n) is 1.76. The maximum Gasteiger partial charge on any atom is 0.194 e. The van der Waals surface area contributed by atoms with Gasteiger partial charge in [0.1, 0.15) is 5.41 Å². The summed E-state index contributed by atoms with van der Waals surface area (Å²) in [6.07, 6.45) is 0. The van der Waals surface area contributed by atoms with Gasteiger partial charge in [-0.3, -0.25) is 0 Å². The minimum atomic E-state index is -1.89. The summed E-state index contributed by atoms with van der Waals surface area (Å²) in [6, 6.07) is 0. The van der Waals surface area contributed by atoms with E-state index in [9.17, 15) is 17.6 Å². The van der Waals surface area contributed by atoms with Crippen molar-refractivity contribution in [2.45, 2.75) is 13.8 Å². The van der Waals surface area contributed by atoms with Crippen molar-refractivity contribution < 1.29 is 17.6 Å². The number of hydrogen-bond acceptors (Lipinski definition) is 2. The van der Waals surface area contributed by atoms with Gasteiger partial charge in [-0.1, -0.05) is 13.8 Å². The Morgan fingerprint density at radius 2 is 1.18 bits per heavy atom. The Hall–Kier alpha value is -0.880. The van der Waals surface area contributed by atoms with Crippen molar-refractivity contribution in [3.63, 3.8) is 0 Å². The van der Waals surface area contributed by atoms with Crippen LogP contribution >= 0.6 is 0 Å². The Bertz CT molecular complexity index is 315. The van der Waals surface area contributed by atoms with Gasteiger partial charge in [-0.25, -0.2) is 17.6 Å². The molecule has 2 N–H and O–H groups in total. The molecule has 0 saturated carbocycles. The van der Waals surface area contributed by atoms with Crippen LogP contribution in [0.2, 0.25) is 0 Å². The normalized spacial score (nSPS) is 19.4. The zero-order valence-corrected chi connectivity index (χ0v) is 9.84. The number of hydrogen-bond donors (Lipinski definition) is 2. The number of nitrogens with one attached hydrogen (secondary N) is 2. The Kier molecular flexibility index (Phi) is 4.70. The van der Waals surface area contributed by atoms with Gasteiger partial charge in [0.2, 0.25) is 0 Å². The van der Waals surface area contributed by atoms with Crippen LogP contribution in [0.4, 0.5) is 17.6 Å². The monoisotopic (exact) mass is 252 g/mol. The molecule has 1 aliphatic rings. The second-order valence-electron chi connectivity index (χ2n) is 3.90. The van der Waals surface area contributed by atoms with Crippen LogP contribution in [-0.2, 0) is 0 Å². The molecule has 0 heterocycles. The van der Waals surface area contributed by atoms with Crippen molar-refractivity contribution >= 4 is 0 Å². The van der Waals surface area contributed by atoms with Crippen molar-refractivity contribution in [2.24, 2.45) is 5.41 Å². The first-order valence-corrected chi connectivity index (χ1v) is 5.54. The van der Waals surface area contributed by atoms with E-state index in [1.165, 1.54) is 0 Å². The predicted molar refractivity (Wildman–Crippen MR) is 58.0 cm³/mol. The van der Waals surface area contributed by atoms with Gasteiger partial charge in [-0.15, -0.1) is 0 Å². The van der Waals surface area contributed by atoms with Crippen molar-refractivity contribution in [3.05, 3.63) is 23.3 Å². The highest BCUT2D eigenvalue weighted by molar-refractivity contribution is 5.43. The van der Waals surface area contributed by atoms with E-state index in [-0.39, 0.29) is 13.1 Å². The third-order valence-electron chi connectivity index (χ3n) is 2.77. The molecule has 0 atom stereocenters. The third kappa shape index (κ3) is 2.37. The van der Waals surface area contributed by atoms with Crippen LogP contribution in [0, 0.1) is 5.41 Å². The standard InChI is InChI=1S/C11H16F4N2/c1-3-16-5-11(6-17-4-2)9(14)7(12)8(13)10(11)15/h16-17H,3-6H2,1-2H3. The quantitative estimate of drug-likeness (QED) is 0.710. The SMILES string of the molecule is CCNCC1(CNCC)C(F)=C(F)C(F)=C1F. The second kappa shape index (κ2) is 5.64. The van der Waals surface area contributed by atoms with E-state index in [0.717, 1.165) is 0 Å². The smallest absolute Gasteiger partial charge is 0.194 e. The zero-order valence-electron chi connectivity index (χ0n) is 9.84. The molecule has 0 aromatic carbocycles. The minimum absolute atomic E-state index is 0.186. The Morgan fingerprint density at radius 3 is 1.47 bits per heavy atom. The number of allylic oxidation sites excluding steroid dienone is 2. The molecule has 0 radical (unpaired) electrons. The van der Waals surface area contributed by atoms with Gasteiger partial charge in [0, 0.05) is 13.1 Å². The van der Waals surface area contributed by atoms with E-state index in [0.29, 0.717) is 13.1 Å². The van der Waals surface area contributed by atoms with Crippen LogP contribution < -0.4 is 10.6 Å². The summed E-state index contributed by atoms with van der Waals surface area (Å²) in [5.41, 5.74) is -1.89. The molecule has 0 bridgehead atoms. The highest BCUT2D eigenvalue weighted by Gasteiger charge is 2.50. The molecule has 0 unspecified atom stereocenters. The maximum atomic E-state index is 13.7. The molecule has 0 aromatic rings. The largest absolute Gasteiger partial charge is 0.316 e. The second-order valence-corrected chi connectivity index (χ2v) is 3.90. The molecule has 0 aromatic heterocycles. The Morgan fingerprint density at radius 1 is 0.824 bits per heavy atom. The molecule has 0 amide bonds. The van der Waals surface area contributed by atoms with Crippen molar-refractivity contribution in [2.75, 3.05) is 26.2 Å². The minimum Gasteiger partial charge on any atom is -0.316 e. The van der Waals surface area contributed by atoms with Gasteiger partial charge in [0.05, 0.1) is 0 Å². The molecule has 17 heavy (non-hydrogen) atoms. The van der Waals surface area contributed by atoms with E-state index >= 15 is 0 Å². The number of rotatable bonds is 6. The fourth-order valence-corrected chi connectivity index (χ4v) is 1.76. The first kappa shape index (κ1) is 14.2. The van der Waals surface area contributed by atoms with Gasteiger partial charge in [0.25, 0.3) is 0 Å². The molecule has 6 heteroatoms. The average Bonchev–Trinajstić information content (AvgIpc) is 2.49. The Balaban J connectivity index is 3.05. The van der Waals surface area contributed by atoms with E-state index < -0.39 is 28.7 Å². The Labute approximate surface area is 97.8 Å². The lowest BCUT2D eigenvalue weighted by Crippen LogP contribution is -2.42. The van der Waals surface area contributed by atoms with Gasteiger partial charge in [-0.05, 0) is 13.1 Å². The van der Waals surface area contributed by atoms with Crippen molar-refractivity contribution in [3.8, 4) is 0 Å². The van der Waals surface area contributed by atoms with E-state index in [2.05, 4.69) is 10.6 Å². The lowest BCUT2D eigenvalue weighted by molar-refractivity contribution is 0.264. The van der Waals surface area contributed by atoms with Crippen LogP contribution in [0.5, 0.6) is 0 Å².